The molecule has 0 bridgehead atoms. The van der Waals surface area contributed by atoms with Crippen LogP contribution in [0.1, 0.15) is 9.75 Å². The predicted molar refractivity (Wildman–Crippen MR) is 86.5 cm³/mol. The Hall–Kier alpha value is -1.08. The van der Waals surface area contributed by atoms with Crippen molar-refractivity contribution in [3.63, 3.8) is 0 Å². The summed E-state index contributed by atoms with van der Waals surface area (Å²) in [6.07, 6.45) is 0.351. The van der Waals surface area contributed by atoms with Gasteiger partial charge in [0.15, 0.2) is 0 Å². The van der Waals surface area contributed by atoms with E-state index in [1.54, 1.807) is 11.3 Å². The van der Waals surface area contributed by atoms with Crippen LogP contribution >= 0.6 is 33.9 Å². The molecule has 3 nitrogen and oxygen atoms in total. The SMILES string of the molecule is COC(=O)Cc1ccc(CNc2ccccc2I)s1. The van der Waals surface area contributed by atoms with Gasteiger partial charge in [-0.25, -0.2) is 0 Å². The molecule has 0 fully saturated rings. The van der Waals surface area contributed by atoms with Crippen LogP contribution in [0.15, 0.2) is 36.4 Å². The number of carbonyl (C=O) groups excluding carboxylic acids is 1. The fourth-order valence-corrected chi connectivity index (χ4v) is 3.14. The first-order valence-electron chi connectivity index (χ1n) is 5.82. The molecule has 0 atom stereocenters. The molecule has 5 heteroatoms. The molecular formula is C14H14INO2S. The molecular weight excluding hydrogens is 373 g/mol. The van der Waals surface area contributed by atoms with Gasteiger partial charge in [0.05, 0.1) is 13.5 Å². The molecule has 0 saturated heterocycles. The second-order valence-electron chi connectivity index (χ2n) is 3.95. The lowest BCUT2D eigenvalue weighted by atomic mass is 10.3. The summed E-state index contributed by atoms with van der Waals surface area (Å²) >= 11 is 3.94. The fourth-order valence-electron chi connectivity index (χ4n) is 1.61. The molecule has 0 saturated carbocycles. The zero-order valence-corrected chi connectivity index (χ0v) is 13.5. The monoisotopic (exact) mass is 387 g/mol. The Balaban J connectivity index is 1.94. The van der Waals surface area contributed by atoms with Crippen molar-refractivity contribution in [1.82, 2.24) is 0 Å². The summed E-state index contributed by atoms with van der Waals surface area (Å²) in [5.74, 6) is -0.195. The van der Waals surface area contributed by atoms with E-state index in [-0.39, 0.29) is 5.97 Å². The predicted octanol–water partition coefficient (Wildman–Crippen LogP) is 3.68. The van der Waals surface area contributed by atoms with Crippen molar-refractivity contribution in [2.75, 3.05) is 12.4 Å². The van der Waals surface area contributed by atoms with E-state index >= 15 is 0 Å². The zero-order chi connectivity index (χ0) is 13.7. The molecule has 0 amide bonds. The van der Waals surface area contributed by atoms with Crippen LogP contribution < -0.4 is 5.32 Å². The van der Waals surface area contributed by atoms with Gasteiger partial charge in [0.25, 0.3) is 0 Å². The van der Waals surface area contributed by atoms with E-state index in [9.17, 15) is 4.79 Å². The van der Waals surface area contributed by atoms with Crippen LogP contribution in [-0.4, -0.2) is 13.1 Å². The molecule has 0 unspecified atom stereocenters. The Labute approximate surface area is 130 Å². The van der Waals surface area contributed by atoms with Crippen molar-refractivity contribution in [3.8, 4) is 0 Å². The molecule has 0 aliphatic heterocycles. The molecule has 0 radical (unpaired) electrons. The number of carbonyl (C=O) groups is 1. The first kappa shape index (κ1) is 14.3. The number of benzene rings is 1. The molecule has 19 heavy (non-hydrogen) atoms. The summed E-state index contributed by atoms with van der Waals surface area (Å²) < 4.78 is 5.86. The fraction of sp³-hybridized carbons (Fsp3) is 0.214. The molecule has 0 spiro atoms. The highest BCUT2D eigenvalue weighted by Crippen LogP contribution is 2.21. The van der Waals surface area contributed by atoms with Crippen LogP contribution in [0.5, 0.6) is 0 Å². The number of thiophene rings is 1. The van der Waals surface area contributed by atoms with Crippen LogP contribution in [0, 0.1) is 3.57 Å². The van der Waals surface area contributed by atoms with Gasteiger partial charge in [-0.2, -0.15) is 0 Å². The van der Waals surface area contributed by atoms with Crippen molar-refractivity contribution < 1.29 is 9.53 Å². The third-order valence-electron chi connectivity index (χ3n) is 2.59. The number of methoxy groups -OCH3 is 1. The van der Waals surface area contributed by atoms with E-state index in [1.165, 1.54) is 15.6 Å². The first-order chi connectivity index (χ1) is 9.19. The van der Waals surface area contributed by atoms with Crippen LogP contribution in [-0.2, 0) is 22.5 Å². The van der Waals surface area contributed by atoms with Crippen molar-refractivity contribution >= 4 is 45.6 Å². The van der Waals surface area contributed by atoms with Gasteiger partial charge in [-0.15, -0.1) is 11.3 Å². The van der Waals surface area contributed by atoms with E-state index in [0.29, 0.717) is 6.42 Å². The smallest absolute Gasteiger partial charge is 0.310 e. The van der Waals surface area contributed by atoms with Gasteiger partial charge in [-0.1, -0.05) is 12.1 Å². The van der Waals surface area contributed by atoms with E-state index in [2.05, 4.69) is 44.8 Å². The molecule has 2 rings (SSSR count). The molecule has 2 aromatic rings. The van der Waals surface area contributed by atoms with Crippen molar-refractivity contribution in [1.29, 1.82) is 0 Å². The second kappa shape index (κ2) is 6.91. The molecule has 1 aromatic carbocycles. The number of para-hydroxylation sites is 1. The number of rotatable bonds is 5. The van der Waals surface area contributed by atoms with E-state index < -0.39 is 0 Å². The molecule has 1 heterocycles. The minimum atomic E-state index is -0.195. The summed E-state index contributed by atoms with van der Waals surface area (Å²) in [5, 5.41) is 3.40. The minimum Gasteiger partial charge on any atom is -0.469 e. The van der Waals surface area contributed by atoms with E-state index in [4.69, 9.17) is 0 Å². The standard InChI is InChI=1S/C14H14INO2S/c1-18-14(17)8-10-6-7-11(19-10)9-16-13-5-3-2-4-12(13)15/h2-7,16H,8-9H2,1H3. The average Bonchev–Trinajstić information content (AvgIpc) is 2.85. The van der Waals surface area contributed by atoms with Crippen LogP contribution in [0.25, 0.3) is 0 Å². The zero-order valence-electron chi connectivity index (χ0n) is 10.5. The molecule has 1 N–H and O–H groups in total. The minimum absolute atomic E-state index is 0.195. The molecule has 0 aliphatic rings. The lowest BCUT2D eigenvalue weighted by Gasteiger charge is -2.06. The van der Waals surface area contributed by atoms with Gasteiger partial charge in [-0.3, -0.25) is 4.79 Å². The third-order valence-corrected chi connectivity index (χ3v) is 4.62. The lowest BCUT2D eigenvalue weighted by Crippen LogP contribution is -2.02. The van der Waals surface area contributed by atoms with Crippen LogP contribution in [0.4, 0.5) is 5.69 Å². The van der Waals surface area contributed by atoms with E-state index in [1.807, 2.05) is 24.3 Å². The number of halogens is 1. The number of nitrogens with one attached hydrogen (secondary N) is 1. The van der Waals surface area contributed by atoms with Gasteiger partial charge in [0.2, 0.25) is 0 Å². The van der Waals surface area contributed by atoms with Gasteiger partial charge in [0, 0.05) is 25.6 Å². The maximum Gasteiger partial charge on any atom is 0.310 e. The third kappa shape index (κ3) is 4.21. The van der Waals surface area contributed by atoms with Crippen LogP contribution in [0.3, 0.4) is 0 Å². The normalized spacial score (nSPS) is 10.2. The number of ether oxygens (including phenoxy) is 1. The Morgan fingerprint density at radius 1 is 1.26 bits per heavy atom. The number of hydrogen-bond acceptors (Lipinski definition) is 4. The summed E-state index contributed by atoms with van der Waals surface area (Å²) in [6.45, 7) is 0.770. The molecule has 0 aliphatic carbocycles. The molecule has 100 valence electrons. The Morgan fingerprint density at radius 2 is 2.00 bits per heavy atom. The van der Waals surface area contributed by atoms with Crippen LogP contribution in [0.2, 0.25) is 0 Å². The Morgan fingerprint density at radius 3 is 2.74 bits per heavy atom. The number of esters is 1. The quantitative estimate of drug-likeness (QED) is 0.629. The number of anilines is 1. The second-order valence-corrected chi connectivity index (χ2v) is 6.37. The Bertz CT molecular complexity index is 568. The highest BCUT2D eigenvalue weighted by Gasteiger charge is 2.06. The maximum absolute atomic E-state index is 11.2. The van der Waals surface area contributed by atoms with Crippen molar-refractivity contribution in [2.45, 2.75) is 13.0 Å². The highest BCUT2D eigenvalue weighted by atomic mass is 127. The summed E-state index contributed by atoms with van der Waals surface area (Å²) in [5.41, 5.74) is 1.13. The van der Waals surface area contributed by atoms with Crippen molar-refractivity contribution in [2.24, 2.45) is 0 Å². The average molecular weight is 387 g/mol. The largest absolute Gasteiger partial charge is 0.469 e. The highest BCUT2D eigenvalue weighted by molar-refractivity contribution is 14.1. The van der Waals surface area contributed by atoms with Gasteiger partial charge in [-0.05, 0) is 46.9 Å². The van der Waals surface area contributed by atoms with Gasteiger partial charge < -0.3 is 10.1 Å². The van der Waals surface area contributed by atoms with Gasteiger partial charge >= 0.3 is 5.97 Å². The topological polar surface area (TPSA) is 38.3 Å². The summed E-state index contributed by atoms with van der Waals surface area (Å²) in [6, 6.07) is 12.2. The number of hydrogen-bond donors (Lipinski definition) is 1. The summed E-state index contributed by atoms with van der Waals surface area (Å²) in [7, 11) is 1.41. The van der Waals surface area contributed by atoms with Crippen molar-refractivity contribution in [3.05, 3.63) is 49.7 Å². The van der Waals surface area contributed by atoms with Gasteiger partial charge in [0.1, 0.15) is 0 Å². The van der Waals surface area contributed by atoms with E-state index in [0.717, 1.165) is 17.1 Å². The first-order valence-corrected chi connectivity index (χ1v) is 7.71. The Kier molecular flexibility index (Phi) is 5.21. The molecule has 1 aromatic heterocycles. The summed E-state index contributed by atoms with van der Waals surface area (Å²) in [4.78, 5) is 13.4. The maximum atomic E-state index is 11.2. The lowest BCUT2D eigenvalue weighted by molar-refractivity contribution is -0.139.